The third kappa shape index (κ3) is 3.51. The first-order valence-corrected chi connectivity index (χ1v) is 3.83. The summed E-state index contributed by atoms with van der Waals surface area (Å²) in [7, 11) is 4.24. The summed E-state index contributed by atoms with van der Waals surface area (Å²) < 4.78 is 0.875. The van der Waals surface area contributed by atoms with Crippen LogP contribution in [0.1, 0.15) is 13.3 Å². The molecule has 0 saturated carbocycles. The van der Waals surface area contributed by atoms with Crippen molar-refractivity contribution in [2.24, 2.45) is 5.92 Å². The molecule has 0 aromatic carbocycles. The Hall–Kier alpha value is 0.360. The molecule has 3 heteroatoms. The van der Waals surface area contributed by atoms with Crippen molar-refractivity contribution < 1.29 is 33.3 Å². The smallest absolute Gasteiger partial charge is 0.187 e. The molecule has 2 nitrogen and oxygen atoms in total. The number of quaternary nitrogens is 1. The first kappa shape index (κ1) is 11.4. The summed E-state index contributed by atoms with van der Waals surface area (Å²) in [6.07, 6.45) is 0.793. The van der Waals surface area contributed by atoms with Crippen LogP contribution in [0.4, 0.5) is 0 Å². The minimum Gasteiger partial charge on any atom is -1.00 e. The number of hydrogen-bond acceptors (Lipinski definition) is 1. The highest BCUT2D eigenvalue weighted by atomic mass is 127. The molecule has 0 bridgehead atoms. The summed E-state index contributed by atoms with van der Waals surface area (Å²) in [4.78, 5) is 11.1. The molecule has 0 aliphatic carbocycles. The van der Waals surface area contributed by atoms with Crippen LogP contribution in [-0.2, 0) is 4.79 Å². The number of ketones is 1. The molecule has 66 valence electrons. The van der Waals surface area contributed by atoms with Gasteiger partial charge in [0.15, 0.2) is 5.78 Å². The van der Waals surface area contributed by atoms with Crippen molar-refractivity contribution in [3.8, 4) is 0 Å². The van der Waals surface area contributed by atoms with Gasteiger partial charge in [0, 0.05) is 12.3 Å². The third-order valence-corrected chi connectivity index (χ3v) is 1.99. The lowest BCUT2D eigenvalue weighted by atomic mass is 9.98. The van der Waals surface area contributed by atoms with Gasteiger partial charge in [0.25, 0.3) is 0 Å². The molecule has 1 heterocycles. The predicted octanol–water partition coefficient (Wildman–Crippen LogP) is -2.32. The van der Waals surface area contributed by atoms with E-state index >= 15 is 0 Å². The van der Waals surface area contributed by atoms with Gasteiger partial charge >= 0.3 is 0 Å². The second-order valence-corrected chi connectivity index (χ2v) is 4.12. The van der Waals surface area contributed by atoms with E-state index in [0.29, 0.717) is 11.7 Å². The van der Waals surface area contributed by atoms with Gasteiger partial charge < -0.3 is 28.5 Å². The van der Waals surface area contributed by atoms with E-state index in [4.69, 9.17) is 0 Å². The van der Waals surface area contributed by atoms with Gasteiger partial charge in [-0.1, -0.05) is 6.92 Å². The van der Waals surface area contributed by atoms with E-state index in [1.54, 1.807) is 0 Å². The highest BCUT2D eigenvalue weighted by molar-refractivity contribution is 5.80. The second-order valence-electron chi connectivity index (χ2n) is 4.12. The molecule has 1 rings (SSSR count). The minimum atomic E-state index is 0. The molecular weight excluding hydrogens is 253 g/mol. The summed E-state index contributed by atoms with van der Waals surface area (Å²) in [5.74, 6) is 1.00. The van der Waals surface area contributed by atoms with Crippen LogP contribution in [-0.4, -0.2) is 37.5 Å². The van der Waals surface area contributed by atoms with Crippen molar-refractivity contribution in [2.75, 3.05) is 27.2 Å². The molecule has 1 saturated heterocycles. The summed E-state index contributed by atoms with van der Waals surface area (Å²) in [5.41, 5.74) is 0. The molecule has 1 atom stereocenters. The van der Waals surface area contributed by atoms with Crippen molar-refractivity contribution in [3.05, 3.63) is 0 Å². The molecule has 0 N–H and O–H groups in total. The molecule has 0 spiro atoms. The summed E-state index contributed by atoms with van der Waals surface area (Å²) in [6, 6.07) is 0. The molecule has 1 unspecified atom stereocenters. The van der Waals surface area contributed by atoms with E-state index in [1.807, 2.05) is 0 Å². The maximum Gasteiger partial charge on any atom is 0.187 e. The first-order chi connectivity index (χ1) is 4.49. The maximum absolute atomic E-state index is 11.1. The minimum absolute atomic E-state index is 0. The number of carbonyl (C=O) groups is 1. The number of rotatable bonds is 0. The third-order valence-electron chi connectivity index (χ3n) is 1.99. The number of likely N-dealkylation sites (N-methyl/N-ethyl adjacent to an activating group) is 1. The average molecular weight is 269 g/mol. The van der Waals surface area contributed by atoms with E-state index < -0.39 is 0 Å². The van der Waals surface area contributed by atoms with Gasteiger partial charge in [-0.15, -0.1) is 0 Å². The van der Waals surface area contributed by atoms with Crippen molar-refractivity contribution in [3.63, 3.8) is 0 Å². The topological polar surface area (TPSA) is 17.1 Å². The number of halogens is 1. The average Bonchev–Trinajstić information content (AvgIpc) is 1.54. The van der Waals surface area contributed by atoms with E-state index in [9.17, 15) is 4.79 Å². The fraction of sp³-hybridized carbons (Fsp3) is 0.875. The van der Waals surface area contributed by atoms with Gasteiger partial charge in [-0.2, -0.15) is 0 Å². The SMILES string of the molecule is CC1CC(=O)C[N+](C)(C)C1.[I-]. The molecule has 0 aromatic heterocycles. The van der Waals surface area contributed by atoms with Crippen LogP contribution in [0.3, 0.4) is 0 Å². The standard InChI is InChI=1S/C8H16NO.HI/c1-7-4-8(10)6-9(2,3)5-7;/h7H,4-6H2,1-3H3;1H/q+1;/p-1. The van der Waals surface area contributed by atoms with Crippen LogP contribution in [0.15, 0.2) is 0 Å². The predicted molar refractivity (Wildman–Crippen MR) is 40.6 cm³/mol. The lowest BCUT2D eigenvalue weighted by Crippen LogP contribution is -3.00. The Bertz CT molecular complexity index is 156. The fourth-order valence-electron chi connectivity index (χ4n) is 1.90. The van der Waals surface area contributed by atoms with Crippen molar-refractivity contribution in [1.29, 1.82) is 0 Å². The second kappa shape index (κ2) is 3.85. The van der Waals surface area contributed by atoms with E-state index in [0.717, 1.165) is 24.0 Å². The molecule has 1 fully saturated rings. The zero-order chi connectivity index (χ0) is 7.78. The summed E-state index contributed by atoms with van der Waals surface area (Å²) >= 11 is 0. The zero-order valence-electron chi connectivity index (χ0n) is 7.43. The van der Waals surface area contributed by atoms with E-state index in [2.05, 4.69) is 21.0 Å². The van der Waals surface area contributed by atoms with Crippen LogP contribution in [0.5, 0.6) is 0 Å². The van der Waals surface area contributed by atoms with E-state index in [1.165, 1.54) is 0 Å². The van der Waals surface area contributed by atoms with Crippen LogP contribution >= 0.6 is 0 Å². The number of hydrogen-bond donors (Lipinski definition) is 0. The molecule has 0 radical (unpaired) electrons. The molecule has 11 heavy (non-hydrogen) atoms. The normalized spacial score (nSPS) is 29.4. The zero-order valence-corrected chi connectivity index (χ0v) is 9.59. The number of piperidine rings is 1. The lowest BCUT2D eigenvalue weighted by molar-refractivity contribution is -0.888. The van der Waals surface area contributed by atoms with Crippen molar-refractivity contribution in [1.82, 2.24) is 0 Å². The molecule has 1 aliphatic rings. The number of Topliss-reactive ketones (excluding diaryl/α,β-unsaturated/α-hetero) is 1. The van der Waals surface area contributed by atoms with Crippen LogP contribution < -0.4 is 24.0 Å². The molecular formula is C8H16INO. The Balaban J connectivity index is 0.000001000. The number of carbonyl (C=O) groups excluding carboxylic acids is 1. The van der Waals surface area contributed by atoms with Crippen LogP contribution in [0.25, 0.3) is 0 Å². The van der Waals surface area contributed by atoms with Gasteiger partial charge in [-0.05, 0) is 0 Å². The Labute approximate surface area is 85.6 Å². The van der Waals surface area contributed by atoms with Crippen LogP contribution in [0, 0.1) is 5.92 Å². The van der Waals surface area contributed by atoms with Crippen LogP contribution in [0.2, 0.25) is 0 Å². The Kier molecular flexibility index (Phi) is 3.97. The highest BCUT2D eigenvalue weighted by Crippen LogP contribution is 2.16. The highest BCUT2D eigenvalue weighted by Gasteiger charge is 2.29. The maximum atomic E-state index is 11.1. The molecule has 1 aliphatic heterocycles. The van der Waals surface area contributed by atoms with Gasteiger partial charge in [-0.25, -0.2) is 0 Å². The van der Waals surface area contributed by atoms with Gasteiger partial charge in [0.2, 0.25) is 0 Å². The largest absolute Gasteiger partial charge is 1.00 e. The Morgan fingerprint density at radius 2 is 2.00 bits per heavy atom. The Morgan fingerprint density at radius 1 is 1.45 bits per heavy atom. The summed E-state index contributed by atoms with van der Waals surface area (Å²) in [5, 5.41) is 0. The van der Waals surface area contributed by atoms with Crippen molar-refractivity contribution >= 4 is 5.78 Å². The quantitative estimate of drug-likeness (QED) is 0.356. The first-order valence-electron chi connectivity index (χ1n) is 3.83. The number of nitrogens with zero attached hydrogens (tertiary/aromatic N) is 1. The summed E-state index contributed by atoms with van der Waals surface area (Å²) in [6.45, 7) is 4.02. The molecule has 0 aromatic rings. The number of likely N-dealkylation sites (tertiary alicyclic amines) is 1. The fourth-order valence-corrected chi connectivity index (χ4v) is 1.90. The Morgan fingerprint density at radius 3 is 2.36 bits per heavy atom. The lowest BCUT2D eigenvalue weighted by Gasteiger charge is -2.35. The molecule has 0 amide bonds. The van der Waals surface area contributed by atoms with Gasteiger partial charge in [0.1, 0.15) is 6.54 Å². The van der Waals surface area contributed by atoms with Gasteiger partial charge in [-0.3, -0.25) is 4.79 Å². The van der Waals surface area contributed by atoms with Crippen molar-refractivity contribution in [2.45, 2.75) is 13.3 Å². The van der Waals surface area contributed by atoms with Gasteiger partial charge in [0.05, 0.1) is 20.6 Å². The monoisotopic (exact) mass is 269 g/mol. The van der Waals surface area contributed by atoms with E-state index in [-0.39, 0.29) is 24.0 Å².